The number of H-pyrrole nitrogens is 1. The van der Waals surface area contributed by atoms with E-state index in [9.17, 15) is 9.59 Å². The van der Waals surface area contributed by atoms with Crippen molar-refractivity contribution in [3.63, 3.8) is 0 Å². The van der Waals surface area contributed by atoms with Gasteiger partial charge < -0.3 is 24.4 Å². The van der Waals surface area contributed by atoms with Gasteiger partial charge in [0.05, 0.1) is 32.8 Å². The van der Waals surface area contributed by atoms with Crippen LogP contribution in [0.4, 0.5) is 10.6 Å². The second-order valence-corrected chi connectivity index (χ2v) is 8.94. The zero-order valence-corrected chi connectivity index (χ0v) is 18.4. The van der Waals surface area contributed by atoms with Gasteiger partial charge in [-0.2, -0.15) is 5.10 Å². The van der Waals surface area contributed by atoms with E-state index in [-0.39, 0.29) is 36.5 Å². The summed E-state index contributed by atoms with van der Waals surface area (Å²) < 4.78 is 16.2. The summed E-state index contributed by atoms with van der Waals surface area (Å²) in [5.74, 6) is 0.533. The number of aromatic amines is 1. The minimum Gasteiger partial charge on any atom is -0.473 e. The molecule has 2 aromatic rings. The molecule has 2 aromatic heterocycles. The van der Waals surface area contributed by atoms with Crippen LogP contribution in [0.5, 0.6) is 5.19 Å². The summed E-state index contributed by atoms with van der Waals surface area (Å²) in [7, 11) is 1.55. The maximum atomic E-state index is 12.5. The van der Waals surface area contributed by atoms with Crippen LogP contribution >= 0.6 is 11.3 Å². The topological polar surface area (TPSA) is 119 Å². The molecular weight excluding hydrogens is 422 g/mol. The molecule has 2 amide bonds. The molecule has 31 heavy (non-hydrogen) atoms. The molecule has 10 nitrogen and oxygen atoms in total. The third-order valence-electron chi connectivity index (χ3n) is 5.60. The van der Waals surface area contributed by atoms with Crippen molar-refractivity contribution in [2.75, 3.05) is 32.2 Å². The Bertz CT molecular complexity index is 915. The van der Waals surface area contributed by atoms with E-state index in [0.29, 0.717) is 30.8 Å². The highest BCUT2D eigenvalue weighted by Gasteiger charge is 2.33. The summed E-state index contributed by atoms with van der Waals surface area (Å²) >= 11 is 1.34. The van der Waals surface area contributed by atoms with Gasteiger partial charge in [0.1, 0.15) is 6.10 Å². The van der Waals surface area contributed by atoms with Crippen molar-refractivity contribution in [1.82, 2.24) is 20.1 Å². The number of ether oxygens (including phenoxy) is 3. The summed E-state index contributed by atoms with van der Waals surface area (Å²) in [4.78, 5) is 31.4. The molecule has 168 valence electrons. The molecule has 1 aliphatic heterocycles. The predicted molar refractivity (Wildman–Crippen MR) is 113 cm³/mol. The summed E-state index contributed by atoms with van der Waals surface area (Å²) in [6.07, 6.45) is 3.91. The van der Waals surface area contributed by atoms with Crippen LogP contribution in [-0.4, -0.2) is 71.1 Å². The number of hydrogen-bond donors (Lipinski definition) is 2. The molecule has 11 heteroatoms. The van der Waals surface area contributed by atoms with E-state index in [0.717, 1.165) is 29.8 Å². The molecule has 2 aliphatic rings. The number of hydrogen-bond acceptors (Lipinski definition) is 8. The molecule has 3 heterocycles. The Hall–Kier alpha value is -2.66. The van der Waals surface area contributed by atoms with Gasteiger partial charge in [0.15, 0.2) is 5.82 Å². The fourth-order valence-electron chi connectivity index (χ4n) is 3.96. The van der Waals surface area contributed by atoms with E-state index in [1.54, 1.807) is 18.2 Å². The van der Waals surface area contributed by atoms with Gasteiger partial charge in [0, 0.05) is 35.3 Å². The van der Waals surface area contributed by atoms with Crippen LogP contribution in [0, 0.1) is 0 Å². The van der Waals surface area contributed by atoms with Gasteiger partial charge in [-0.25, -0.2) is 9.78 Å². The van der Waals surface area contributed by atoms with E-state index in [1.807, 2.05) is 13.0 Å². The van der Waals surface area contributed by atoms with Gasteiger partial charge in [0.2, 0.25) is 5.91 Å². The second-order valence-electron chi connectivity index (χ2n) is 7.86. The van der Waals surface area contributed by atoms with E-state index < -0.39 is 0 Å². The number of amides is 2. The first-order chi connectivity index (χ1) is 15.0. The first-order valence-electron chi connectivity index (χ1n) is 10.4. The minimum absolute atomic E-state index is 0.0308. The standard InChI is InChI=1S/C20H27N5O5S/c1-12-11-29-6-5-25(12)20(27)30-14-4-3-13(7-14)16-9-17(24-23-16)22-18(26)8-15-10-21-19(28-2)31-15/h9-10,12-14H,3-8,11H2,1-2H3,(H2,22,23,24,26)/t12-,13-,14+/m0/s1. The number of aromatic nitrogens is 3. The number of methoxy groups -OCH3 is 1. The fourth-order valence-corrected chi connectivity index (χ4v) is 4.68. The second kappa shape index (κ2) is 9.65. The van der Waals surface area contributed by atoms with Crippen LogP contribution in [0.15, 0.2) is 12.3 Å². The van der Waals surface area contributed by atoms with E-state index in [2.05, 4.69) is 20.5 Å². The largest absolute Gasteiger partial charge is 0.473 e. The maximum absolute atomic E-state index is 12.5. The third-order valence-corrected chi connectivity index (χ3v) is 6.56. The smallest absolute Gasteiger partial charge is 0.410 e. The molecule has 1 saturated heterocycles. The van der Waals surface area contributed by atoms with Crippen molar-refractivity contribution < 1.29 is 23.8 Å². The number of nitrogens with one attached hydrogen (secondary N) is 2. The number of carbonyl (C=O) groups is 2. The molecule has 2 N–H and O–H groups in total. The van der Waals surface area contributed by atoms with Crippen molar-refractivity contribution in [2.24, 2.45) is 0 Å². The summed E-state index contributed by atoms with van der Waals surface area (Å²) in [5, 5.41) is 10.6. The number of rotatable bonds is 6. The van der Waals surface area contributed by atoms with E-state index in [4.69, 9.17) is 14.2 Å². The van der Waals surface area contributed by atoms with Crippen LogP contribution in [-0.2, 0) is 20.7 Å². The van der Waals surface area contributed by atoms with Crippen molar-refractivity contribution in [3.05, 3.63) is 22.8 Å². The Morgan fingerprint density at radius 3 is 3.06 bits per heavy atom. The molecule has 1 saturated carbocycles. The van der Waals surface area contributed by atoms with Gasteiger partial charge in [-0.15, -0.1) is 0 Å². The normalized spacial score (nSPS) is 23.5. The van der Waals surface area contributed by atoms with Crippen molar-refractivity contribution in [1.29, 1.82) is 0 Å². The number of anilines is 1. The Morgan fingerprint density at radius 1 is 1.42 bits per heavy atom. The van der Waals surface area contributed by atoms with Crippen LogP contribution in [0.25, 0.3) is 0 Å². The Morgan fingerprint density at radius 2 is 2.29 bits per heavy atom. The van der Waals surface area contributed by atoms with Gasteiger partial charge in [-0.05, 0) is 26.2 Å². The van der Waals surface area contributed by atoms with Gasteiger partial charge in [-0.3, -0.25) is 9.89 Å². The SMILES string of the molecule is COc1ncc(CC(=O)Nc2cc([C@H]3CC[C@@H](OC(=O)N4CCOC[C@@H]4C)C3)[nH]n2)s1. The maximum Gasteiger partial charge on any atom is 0.410 e. The summed E-state index contributed by atoms with van der Waals surface area (Å²) in [5.41, 5.74) is 0.938. The lowest BCUT2D eigenvalue weighted by atomic mass is 10.0. The van der Waals surface area contributed by atoms with Crippen LogP contribution in [0.3, 0.4) is 0 Å². The number of morpholine rings is 1. The lowest BCUT2D eigenvalue weighted by Gasteiger charge is -2.33. The van der Waals surface area contributed by atoms with Crippen LogP contribution < -0.4 is 10.1 Å². The minimum atomic E-state index is -0.265. The van der Waals surface area contributed by atoms with Crippen molar-refractivity contribution >= 4 is 29.2 Å². The third kappa shape index (κ3) is 5.34. The fraction of sp³-hybridized carbons (Fsp3) is 0.600. The van der Waals surface area contributed by atoms with Gasteiger partial charge >= 0.3 is 6.09 Å². The molecule has 0 aromatic carbocycles. The zero-order valence-electron chi connectivity index (χ0n) is 17.6. The molecule has 0 radical (unpaired) electrons. The molecule has 4 rings (SSSR count). The quantitative estimate of drug-likeness (QED) is 0.696. The Labute approximate surface area is 184 Å². The highest BCUT2D eigenvalue weighted by Crippen LogP contribution is 2.36. The zero-order chi connectivity index (χ0) is 21.8. The summed E-state index contributed by atoms with van der Waals surface area (Å²) in [6, 6.07) is 1.88. The monoisotopic (exact) mass is 449 g/mol. The summed E-state index contributed by atoms with van der Waals surface area (Å²) in [6.45, 7) is 3.62. The van der Waals surface area contributed by atoms with Crippen LogP contribution in [0.1, 0.15) is 42.7 Å². The Kier molecular flexibility index (Phi) is 6.71. The average molecular weight is 450 g/mol. The lowest BCUT2D eigenvalue weighted by Crippen LogP contribution is -2.48. The molecule has 1 aliphatic carbocycles. The number of carbonyl (C=O) groups excluding carboxylic acids is 2. The number of thiazole rings is 1. The highest BCUT2D eigenvalue weighted by atomic mass is 32.1. The molecule has 0 bridgehead atoms. The highest BCUT2D eigenvalue weighted by molar-refractivity contribution is 7.13. The molecule has 3 atom stereocenters. The molecular formula is C20H27N5O5S. The van der Waals surface area contributed by atoms with Gasteiger partial charge in [-0.1, -0.05) is 11.3 Å². The lowest BCUT2D eigenvalue weighted by molar-refractivity contribution is -0.115. The molecule has 0 spiro atoms. The molecule has 2 fully saturated rings. The van der Waals surface area contributed by atoms with E-state index in [1.165, 1.54) is 11.3 Å². The first kappa shape index (κ1) is 21.6. The Balaban J connectivity index is 1.26. The van der Waals surface area contributed by atoms with Crippen molar-refractivity contribution in [2.45, 2.75) is 50.7 Å². The van der Waals surface area contributed by atoms with E-state index >= 15 is 0 Å². The van der Waals surface area contributed by atoms with Crippen molar-refractivity contribution in [3.8, 4) is 5.19 Å². The predicted octanol–water partition coefficient (Wildman–Crippen LogP) is 2.55. The first-order valence-corrected chi connectivity index (χ1v) is 11.2. The van der Waals surface area contributed by atoms with Gasteiger partial charge in [0.25, 0.3) is 5.19 Å². The number of nitrogens with zero attached hydrogens (tertiary/aromatic N) is 3. The molecule has 0 unspecified atom stereocenters. The average Bonchev–Trinajstić information content (AvgIpc) is 3.49. The van der Waals surface area contributed by atoms with Crippen LogP contribution in [0.2, 0.25) is 0 Å².